The average molecular weight is 379 g/mol. The number of amides is 1. The van der Waals surface area contributed by atoms with Crippen LogP contribution in [0.3, 0.4) is 0 Å². The van der Waals surface area contributed by atoms with Gasteiger partial charge in [0, 0.05) is 30.9 Å². The summed E-state index contributed by atoms with van der Waals surface area (Å²) in [4.78, 5) is 16.3. The van der Waals surface area contributed by atoms with Gasteiger partial charge in [0.1, 0.15) is 10.8 Å². The summed E-state index contributed by atoms with van der Waals surface area (Å²) < 4.78 is 33.1. The van der Waals surface area contributed by atoms with Crippen molar-refractivity contribution >= 4 is 27.2 Å². The molecule has 0 bridgehead atoms. The van der Waals surface area contributed by atoms with Crippen LogP contribution in [0, 0.1) is 0 Å². The molecule has 3 heterocycles. The molecule has 1 saturated carbocycles. The quantitative estimate of drug-likeness (QED) is 0.841. The first-order valence-electron chi connectivity index (χ1n) is 8.75. The molecule has 0 aromatic carbocycles. The van der Waals surface area contributed by atoms with Crippen LogP contribution in [0.15, 0.2) is 29.0 Å². The first-order valence-corrected chi connectivity index (χ1v) is 10.3. The van der Waals surface area contributed by atoms with Gasteiger partial charge in [-0.1, -0.05) is 0 Å². The van der Waals surface area contributed by atoms with Crippen molar-refractivity contribution in [3.63, 3.8) is 0 Å². The third-order valence-corrected chi connectivity index (χ3v) is 7.25. The van der Waals surface area contributed by atoms with E-state index in [1.54, 1.807) is 12.5 Å². The zero-order valence-corrected chi connectivity index (χ0v) is 15.0. The van der Waals surface area contributed by atoms with Crippen LogP contribution in [0.25, 0.3) is 11.1 Å². The molecule has 0 radical (unpaired) electrons. The van der Waals surface area contributed by atoms with Crippen LogP contribution >= 0.6 is 0 Å². The van der Waals surface area contributed by atoms with E-state index in [1.807, 2.05) is 12.1 Å². The van der Waals surface area contributed by atoms with Gasteiger partial charge in [-0.15, -0.1) is 0 Å². The Morgan fingerprint density at radius 1 is 1.27 bits per heavy atom. The number of fused-ring (bicyclic) bond motifs is 1. The minimum absolute atomic E-state index is 0.0483. The highest BCUT2D eigenvalue weighted by Gasteiger charge is 2.41. The maximum Gasteiger partial charge on any atom is 0.407 e. The number of hydrogen-bond acceptors (Lipinski definition) is 5. The number of sulfonamides is 1. The lowest BCUT2D eigenvalue weighted by Gasteiger charge is -2.38. The average Bonchev–Trinajstić information content (AvgIpc) is 2.97. The monoisotopic (exact) mass is 379 g/mol. The van der Waals surface area contributed by atoms with E-state index in [1.165, 1.54) is 0 Å². The number of pyridine rings is 1. The van der Waals surface area contributed by atoms with E-state index >= 15 is 0 Å². The highest BCUT2D eigenvalue weighted by Crippen LogP contribution is 2.37. The van der Waals surface area contributed by atoms with Gasteiger partial charge in [-0.25, -0.2) is 17.9 Å². The number of carbonyl (C=O) groups is 1. The van der Waals surface area contributed by atoms with Crippen molar-refractivity contribution < 1.29 is 22.7 Å². The first-order chi connectivity index (χ1) is 12.4. The number of hydrogen-bond donors (Lipinski definition) is 2. The summed E-state index contributed by atoms with van der Waals surface area (Å²) in [6, 6.07) is 3.64. The molecule has 2 aliphatic rings. The smallest absolute Gasteiger partial charge is 0.407 e. The molecule has 2 N–H and O–H groups in total. The van der Waals surface area contributed by atoms with Crippen molar-refractivity contribution in [3.05, 3.63) is 30.2 Å². The number of nitrogens with one attached hydrogen (secondary N) is 1. The molecule has 1 saturated heterocycles. The van der Waals surface area contributed by atoms with Crippen molar-refractivity contribution in [2.75, 3.05) is 13.1 Å². The molecule has 2 aromatic heterocycles. The van der Waals surface area contributed by atoms with Crippen LogP contribution in [0.4, 0.5) is 4.79 Å². The van der Waals surface area contributed by atoms with Gasteiger partial charge < -0.3 is 14.4 Å². The molecule has 140 valence electrons. The standard InChI is InChI=1S/C17H21N3O5S/c21-17(22)20-8-13(9-20)26(23,24)19-12-5-3-11(4-6-12)14-10-25-15-2-1-7-18-16(14)15/h1-2,7,10-13,19H,3-6,8-9H2,(H,21,22). The molecule has 26 heavy (non-hydrogen) atoms. The number of furan rings is 1. The van der Waals surface area contributed by atoms with Gasteiger partial charge in [0.25, 0.3) is 0 Å². The van der Waals surface area contributed by atoms with Crippen molar-refractivity contribution in [2.24, 2.45) is 0 Å². The molecule has 1 aliphatic carbocycles. The SMILES string of the molecule is O=C(O)N1CC(S(=O)(=O)NC2CCC(c3coc4cccnc34)CC2)C1. The molecule has 0 spiro atoms. The molecular formula is C17H21N3O5S. The normalized spacial score (nSPS) is 24.5. The third-order valence-electron chi connectivity index (χ3n) is 5.41. The van der Waals surface area contributed by atoms with Crippen molar-refractivity contribution in [2.45, 2.75) is 42.9 Å². The third kappa shape index (κ3) is 3.16. The predicted octanol–water partition coefficient (Wildman–Crippen LogP) is 2.14. The van der Waals surface area contributed by atoms with Crippen molar-refractivity contribution in [1.82, 2.24) is 14.6 Å². The fraction of sp³-hybridized carbons (Fsp3) is 0.529. The van der Waals surface area contributed by atoms with E-state index in [-0.39, 0.29) is 19.1 Å². The maximum atomic E-state index is 12.4. The van der Waals surface area contributed by atoms with Gasteiger partial charge >= 0.3 is 6.09 Å². The van der Waals surface area contributed by atoms with E-state index in [0.717, 1.165) is 47.2 Å². The van der Waals surface area contributed by atoms with E-state index in [0.29, 0.717) is 5.92 Å². The summed E-state index contributed by atoms with van der Waals surface area (Å²) in [6.07, 6.45) is 5.67. The molecule has 8 nitrogen and oxygen atoms in total. The van der Waals surface area contributed by atoms with E-state index < -0.39 is 21.4 Å². The number of nitrogens with zero attached hydrogens (tertiary/aromatic N) is 2. The Hall–Kier alpha value is -2.13. The van der Waals surface area contributed by atoms with E-state index in [9.17, 15) is 13.2 Å². The highest BCUT2D eigenvalue weighted by molar-refractivity contribution is 7.90. The summed E-state index contributed by atoms with van der Waals surface area (Å²) in [5.74, 6) is 0.318. The maximum absolute atomic E-state index is 12.4. The van der Waals surface area contributed by atoms with Gasteiger partial charge in [-0.2, -0.15) is 0 Å². The van der Waals surface area contributed by atoms with Gasteiger partial charge in [-0.05, 0) is 43.7 Å². The number of likely N-dealkylation sites (tertiary alicyclic amines) is 1. The number of carboxylic acid groups (broad SMARTS) is 1. The Balaban J connectivity index is 1.35. The lowest BCUT2D eigenvalue weighted by Crippen LogP contribution is -2.60. The predicted molar refractivity (Wildman–Crippen MR) is 94.4 cm³/mol. The van der Waals surface area contributed by atoms with Crippen LogP contribution in [0.2, 0.25) is 0 Å². The van der Waals surface area contributed by atoms with E-state index in [2.05, 4.69) is 9.71 Å². The van der Waals surface area contributed by atoms with Crippen molar-refractivity contribution in [3.8, 4) is 0 Å². The molecule has 1 aliphatic heterocycles. The van der Waals surface area contributed by atoms with Crippen molar-refractivity contribution in [1.29, 1.82) is 0 Å². The molecular weight excluding hydrogens is 358 g/mol. The molecule has 9 heteroatoms. The summed E-state index contributed by atoms with van der Waals surface area (Å²) in [7, 11) is -3.48. The Morgan fingerprint density at radius 2 is 2.00 bits per heavy atom. The van der Waals surface area contributed by atoms with Gasteiger partial charge in [-0.3, -0.25) is 4.98 Å². The second-order valence-electron chi connectivity index (χ2n) is 7.06. The Labute approximate surface area is 151 Å². The van der Waals surface area contributed by atoms with Crippen LogP contribution in [0.1, 0.15) is 37.2 Å². The van der Waals surface area contributed by atoms with Crippen LogP contribution in [0.5, 0.6) is 0 Å². The number of aromatic nitrogens is 1. The zero-order valence-electron chi connectivity index (χ0n) is 14.2. The molecule has 2 aromatic rings. The van der Waals surface area contributed by atoms with Crippen LogP contribution < -0.4 is 4.72 Å². The summed E-state index contributed by atoms with van der Waals surface area (Å²) in [5, 5.41) is 8.19. The van der Waals surface area contributed by atoms with Gasteiger partial charge in [0.15, 0.2) is 5.58 Å². The Bertz CT molecular complexity index is 911. The Morgan fingerprint density at radius 3 is 2.69 bits per heavy atom. The molecule has 4 rings (SSSR count). The second kappa shape index (κ2) is 6.55. The molecule has 0 atom stereocenters. The lowest BCUT2D eigenvalue weighted by molar-refractivity contribution is 0.119. The highest BCUT2D eigenvalue weighted by atomic mass is 32.2. The topological polar surface area (TPSA) is 113 Å². The van der Waals surface area contributed by atoms with Crippen LogP contribution in [-0.2, 0) is 10.0 Å². The molecule has 2 fully saturated rings. The minimum atomic E-state index is -3.48. The molecule has 1 amide bonds. The second-order valence-corrected chi connectivity index (χ2v) is 9.05. The molecule has 0 unspecified atom stereocenters. The fourth-order valence-corrected chi connectivity index (χ4v) is 5.46. The largest absolute Gasteiger partial charge is 0.465 e. The van der Waals surface area contributed by atoms with E-state index in [4.69, 9.17) is 9.52 Å². The van der Waals surface area contributed by atoms with Gasteiger partial charge in [0.2, 0.25) is 10.0 Å². The first kappa shape index (κ1) is 17.3. The summed E-state index contributed by atoms with van der Waals surface area (Å²) >= 11 is 0. The van der Waals surface area contributed by atoms with Crippen LogP contribution in [-0.4, -0.2) is 53.9 Å². The van der Waals surface area contributed by atoms with Gasteiger partial charge in [0.05, 0.1) is 6.26 Å². The summed E-state index contributed by atoms with van der Waals surface area (Å²) in [6.45, 7) is 0.0966. The number of rotatable bonds is 4. The Kier molecular flexibility index (Phi) is 4.36. The summed E-state index contributed by atoms with van der Waals surface area (Å²) in [5.41, 5.74) is 2.76. The minimum Gasteiger partial charge on any atom is -0.465 e. The lowest BCUT2D eigenvalue weighted by atomic mass is 9.82. The zero-order chi connectivity index (χ0) is 18.3. The fourth-order valence-electron chi connectivity index (χ4n) is 3.82.